The number of rotatable bonds is 0. The summed E-state index contributed by atoms with van der Waals surface area (Å²) in [6.07, 6.45) is 3.26. The fraction of sp³-hybridized carbons (Fsp3) is 0.182. The summed E-state index contributed by atoms with van der Waals surface area (Å²) in [6.45, 7) is 3.80. The van der Waals surface area contributed by atoms with Crippen molar-refractivity contribution < 1.29 is 0 Å². The first kappa shape index (κ1) is 9.08. The number of aromatic nitrogens is 4. The maximum absolute atomic E-state index is 11.7. The van der Waals surface area contributed by atoms with Crippen LogP contribution in [0.15, 0.2) is 23.3 Å². The molecule has 3 heterocycles. The van der Waals surface area contributed by atoms with Crippen LogP contribution in [0.25, 0.3) is 16.6 Å². The third-order valence-electron chi connectivity index (χ3n) is 2.68. The van der Waals surface area contributed by atoms with Gasteiger partial charge in [-0.05, 0) is 19.9 Å². The van der Waals surface area contributed by atoms with Crippen LogP contribution >= 0.6 is 0 Å². The van der Waals surface area contributed by atoms with E-state index in [0.717, 1.165) is 22.6 Å². The Kier molecular flexibility index (Phi) is 1.65. The summed E-state index contributed by atoms with van der Waals surface area (Å²) in [6, 6.07) is 1.94. The number of H-pyrrole nitrogens is 1. The topological polar surface area (TPSA) is 63.0 Å². The summed E-state index contributed by atoms with van der Waals surface area (Å²) in [4.78, 5) is 22.9. The molecule has 16 heavy (non-hydrogen) atoms. The van der Waals surface area contributed by atoms with E-state index in [1.807, 2.05) is 24.3 Å². The number of pyridine rings is 1. The summed E-state index contributed by atoms with van der Waals surface area (Å²) in [5.41, 5.74) is 2.99. The highest BCUT2D eigenvalue weighted by molar-refractivity contribution is 5.77. The molecule has 1 N–H and O–H groups in total. The molecule has 0 radical (unpaired) electrons. The molecule has 0 fully saturated rings. The smallest absolute Gasteiger partial charge is 0.274 e. The fourth-order valence-corrected chi connectivity index (χ4v) is 1.92. The van der Waals surface area contributed by atoms with Gasteiger partial charge in [0.15, 0.2) is 0 Å². The number of hydrogen-bond donors (Lipinski definition) is 1. The van der Waals surface area contributed by atoms with Gasteiger partial charge in [0.05, 0.1) is 23.4 Å². The van der Waals surface area contributed by atoms with Gasteiger partial charge in [-0.25, -0.2) is 4.98 Å². The Morgan fingerprint density at radius 3 is 2.81 bits per heavy atom. The molecule has 3 aromatic heterocycles. The molecule has 0 saturated carbocycles. The first-order valence-corrected chi connectivity index (χ1v) is 4.99. The third-order valence-corrected chi connectivity index (χ3v) is 2.68. The lowest BCUT2D eigenvalue weighted by atomic mass is 10.3. The highest BCUT2D eigenvalue weighted by atomic mass is 16.1. The van der Waals surface area contributed by atoms with Gasteiger partial charge < -0.3 is 4.98 Å². The zero-order chi connectivity index (χ0) is 11.3. The molecule has 0 atom stereocenters. The summed E-state index contributed by atoms with van der Waals surface area (Å²) in [5.74, 6) is 0.803. The van der Waals surface area contributed by atoms with Crippen LogP contribution in [0.2, 0.25) is 0 Å². The molecular weight excluding hydrogens is 204 g/mol. The molecule has 5 nitrogen and oxygen atoms in total. The lowest BCUT2D eigenvalue weighted by molar-refractivity contribution is 1.05. The van der Waals surface area contributed by atoms with E-state index in [1.165, 1.54) is 0 Å². The number of fused-ring (bicyclic) bond motifs is 3. The molecule has 0 saturated heterocycles. The van der Waals surface area contributed by atoms with E-state index in [-0.39, 0.29) is 5.56 Å². The molecule has 0 aliphatic carbocycles. The maximum Gasteiger partial charge on any atom is 0.274 e. The van der Waals surface area contributed by atoms with Gasteiger partial charge in [-0.1, -0.05) is 0 Å². The van der Waals surface area contributed by atoms with Gasteiger partial charge in [-0.15, -0.1) is 0 Å². The Labute approximate surface area is 90.8 Å². The number of aryl methyl sites for hydroxylation is 2. The number of hydrogen-bond acceptors (Lipinski definition) is 3. The SMILES string of the molecule is Cc1cc2c(cn1)[nH]c(=O)c1cnc(C)n12. The number of nitrogens with one attached hydrogen (secondary N) is 1. The minimum atomic E-state index is -0.140. The van der Waals surface area contributed by atoms with Crippen LogP contribution in [0, 0.1) is 13.8 Å². The minimum absolute atomic E-state index is 0.140. The van der Waals surface area contributed by atoms with Crippen LogP contribution < -0.4 is 5.56 Å². The molecule has 0 amide bonds. The van der Waals surface area contributed by atoms with E-state index in [1.54, 1.807) is 12.4 Å². The molecular formula is C11H10N4O. The Hall–Kier alpha value is -2.17. The van der Waals surface area contributed by atoms with Gasteiger partial charge in [0.2, 0.25) is 0 Å². The van der Waals surface area contributed by atoms with Crippen LogP contribution in [0.4, 0.5) is 0 Å². The Bertz CT molecular complexity index is 754. The second-order valence-corrected chi connectivity index (χ2v) is 3.82. The molecule has 80 valence electrons. The quantitative estimate of drug-likeness (QED) is 0.611. The summed E-state index contributed by atoms with van der Waals surface area (Å²) in [5, 5.41) is 0. The monoisotopic (exact) mass is 214 g/mol. The van der Waals surface area contributed by atoms with Crippen LogP contribution in [-0.4, -0.2) is 19.4 Å². The van der Waals surface area contributed by atoms with Crippen LogP contribution in [-0.2, 0) is 0 Å². The van der Waals surface area contributed by atoms with E-state index in [9.17, 15) is 4.79 Å². The van der Waals surface area contributed by atoms with Gasteiger partial charge in [-0.3, -0.25) is 14.2 Å². The van der Waals surface area contributed by atoms with E-state index >= 15 is 0 Å². The molecule has 0 unspecified atom stereocenters. The van der Waals surface area contributed by atoms with E-state index in [0.29, 0.717) is 5.52 Å². The van der Waals surface area contributed by atoms with Gasteiger partial charge in [0.1, 0.15) is 11.3 Å². The molecule has 0 aliphatic rings. The zero-order valence-electron chi connectivity index (χ0n) is 8.98. The largest absolute Gasteiger partial charge is 0.318 e. The summed E-state index contributed by atoms with van der Waals surface area (Å²) in [7, 11) is 0. The van der Waals surface area contributed by atoms with Gasteiger partial charge >= 0.3 is 0 Å². The third kappa shape index (κ3) is 1.08. The maximum atomic E-state index is 11.7. The minimum Gasteiger partial charge on any atom is -0.318 e. The van der Waals surface area contributed by atoms with Crippen molar-refractivity contribution in [3.8, 4) is 0 Å². The van der Waals surface area contributed by atoms with Crippen molar-refractivity contribution in [1.29, 1.82) is 0 Å². The molecule has 3 aromatic rings. The van der Waals surface area contributed by atoms with Crippen LogP contribution in [0.5, 0.6) is 0 Å². The average molecular weight is 214 g/mol. The number of aromatic amines is 1. The van der Waals surface area contributed by atoms with Crippen LogP contribution in [0.1, 0.15) is 11.5 Å². The van der Waals surface area contributed by atoms with Crippen molar-refractivity contribution in [3.63, 3.8) is 0 Å². The van der Waals surface area contributed by atoms with Crippen molar-refractivity contribution in [1.82, 2.24) is 19.4 Å². The molecule has 0 spiro atoms. The summed E-state index contributed by atoms with van der Waals surface area (Å²) < 4.78 is 1.85. The molecule has 0 aliphatic heterocycles. The first-order chi connectivity index (χ1) is 7.66. The highest BCUT2D eigenvalue weighted by Crippen LogP contribution is 2.13. The van der Waals surface area contributed by atoms with E-state index in [4.69, 9.17) is 0 Å². The van der Waals surface area contributed by atoms with Crippen molar-refractivity contribution in [2.75, 3.05) is 0 Å². The summed E-state index contributed by atoms with van der Waals surface area (Å²) >= 11 is 0. The molecule has 0 bridgehead atoms. The van der Waals surface area contributed by atoms with Gasteiger partial charge in [-0.2, -0.15) is 0 Å². The normalized spacial score (nSPS) is 11.4. The molecule has 0 aromatic carbocycles. The van der Waals surface area contributed by atoms with Crippen molar-refractivity contribution in [2.45, 2.75) is 13.8 Å². The lowest BCUT2D eigenvalue weighted by Gasteiger charge is -2.03. The Morgan fingerprint density at radius 2 is 2.00 bits per heavy atom. The van der Waals surface area contributed by atoms with Crippen LogP contribution in [0.3, 0.4) is 0 Å². The predicted octanol–water partition coefficient (Wildman–Crippen LogP) is 1.19. The zero-order valence-corrected chi connectivity index (χ0v) is 8.98. The van der Waals surface area contributed by atoms with Gasteiger partial charge in [0.25, 0.3) is 5.56 Å². The second-order valence-electron chi connectivity index (χ2n) is 3.82. The van der Waals surface area contributed by atoms with E-state index in [2.05, 4.69) is 15.0 Å². The predicted molar refractivity (Wildman–Crippen MR) is 60.6 cm³/mol. The second kappa shape index (κ2) is 2.91. The van der Waals surface area contributed by atoms with Gasteiger partial charge in [0, 0.05) is 5.69 Å². The Balaban J connectivity index is 2.69. The number of nitrogens with zero attached hydrogens (tertiary/aromatic N) is 3. The Morgan fingerprint density at radius 1 is 1.19 bits per heavy atom. The lowest BCUT2D eigenvalue weighted by Crippen LogP contribution is -2.10. The standard InChI is InChI=1S/C11H10N4O/c1-6-3-9-8(4-12-6)14-11(16)10-5-13-7(2)15(9)10/h3-5H,1-2H3,(H,14,16). The van der Waals surface area contributed by atoms with Crippen molar-refractivity contribution in [3.05, 3.63) is 40.3 Å². The van der Waals surface area contributed by atoms with Crippen molar-refractivity contribution >= 4 is 16.6 Å². The molecule has 5 heteroatoms. The van der Waals surface area contributed by atoms with Crippen molar-refractivity contribution in [2.24, 2.45) is 0 Å². The highest BCUT2D eigenvalue weighted by Gasteiger charge is 2.08. The van der Waals surface area contributed by atoms with E-state index < -0.39 is 0 Å². The number of imidazole rings is 1. The fourth-order valence-electron chi connectivity index (χ4n) is 1.92. The average Bonchev–Trinajstić information content (AvgIpc) is 2.63. The molecule has 3 rings (SSSR count). The first-order valence-electron chi connectivity index (χ1n) is 4.99.